The van der Waals surface area contributed by atoms with Gasteiger partial charge in [-0.2, -0.15) is 0 Å². The van der Waals surface area contributed by atoms with Crippen LogP contribution in [-0.2, 0) is 6.42 Å². The topological polar surface area (TPSA) is 0 Å². The lowest BCUT2D eigenvalue weighted by molar-refractivity contribution is 0.297. The van der Waals surface area contributed by atoms with Crippen LogP contribution in [0.15, 0.2) is 78.9 Å². The van der Waals surface area contributed by atoms with Crippen molar-refractivity contribution in [1.82, 2.24) is 0 Å². The zero-order valence-electron chi connectivity index (χ0n) is 19.2. The molecule has 5 aromatic rings. The van der Waals surface area contributed by atoms with E-state index >= 15 is 0 Å². The highest BCUT2D eigenvalue weighted by Crippen LogP contribution is 2.31. The molecule has 5 rings (SSSR count). The second-order valence-corrected chi connectivity index (χ2v) is 10.7. The molecule has 1 unspecified atom stereocenters. The molecule has 0 amide bonds. The molecule has 0 heterocycles. The van der Waals surface area contributed by atoms with E-state index in [9.17, 15) is 0 Å². The van der Waals surface area contributed by atoms with Gasteiger partial charge in [0.1, 0.15) is 0 Å². The molecule has 0 N–H and O–H groups in total. The normalized spacial score (nSPS) is 13.4. The minimum absolute atomic E-state index is 0.413. The van der Waals surface area contributed by atoms with E-state index in [1.54, 1.807) is 0 Å². The number of benzene rings is 5. The van der Waals surface area contributed by atoms with Gasteiger partial charge in [-0.05, 0) is 116 Å². The van der Waals surface area contributed by atoms with Crippen LogP contribution in [0, 0.1) is 11.3 Å². The smallest absolute Gasteiger partial charge is 0.0171 e. The van der Waals surface area contributed by atoms with E-state index in [2.05, 4.69) is 107 Å². The third kappa shape index (κ3) is 4.30. The average molecular weight is 405 g/mol. The molecule has 0 fully saturated rings. The number of hydrogen-bond donors (Lipinski definition) is 0. The first-order chi connectivity index (χ1) is 14.8. The predicted molar refractivity (Wildman–Crippen MR) is 138 cm³/mol. The number of fused-ring (bicyclic) bond motifs is 4. The lowest BCUT2D eigenvalue weighted by Gasteiger charge is -2.23. The van der Waals surface area contributed by atoms with E-state index in [1.807, 2.05) is 0 Å². The monoisotopic (exact) mass is 404 g/mol. The average Bonchev–Trinajstić information content (AvgIpc) is 2.72. The summed E-state index contributed by atoms with van der Waals surface area (Å²) < 4.78 is 0. The zero-order chi connectivity index (χ0) is 21.6. The van der Waals surface area contributed by atoms with Gasteiger partial charge in [0.15, 0.2) is 0 Å². The Bertz CT molecular complexity index is 1400. The Hall–Kier alpha value is -2.86. The Morgan fingerprint density at radius 1 is 0.581 bits per heavy atom. The van der Waals surface area contributed by atoms with E-state index in [4.69, 9.17) is 0 Å². The van der Waals surface area contributed by atoms with Crippen LogP contribution in [0.1, 0.15) is 46.1 Å². The molecule has 156 valence electrons. The Balaban J connectivity index is 1.50. The Labute approximate surface area is 185 Å². The summed E-state index contributed by atoms with van der Waals surface area (Å²) in [7, 11) is 0. The predicted octanol–water partition coefficient (Wildman–Crippen LogP) is 9.30. The van der Waals surface area contributed by atoms with Crippen molar-refractivity contribution in [3.8, 4) is 0 Å². The quantitative estimate of drug-likeness (QED) is 0.262. The van der Waals surface area contributed by atoms with Gasteiger partial charge in [-0.1, -0.05) is 70.2 Å². The minimum atomic E-state index is 0.413. The summed E-state index contributed by atoms with van der Waals surface area (Å²) in [6.45, 7) is 9.43. The molecular formula is C31H32. The molecule has 0 saturated heterocycles. The molecule has 0 aliphatic heterocycles. The van der Waals surface area contributed by atoms with E-state index in [0.717, 1.165) is 12.3 Å². The van der Waals surface area contributed by atoms with Crippen molar-refractivity contribution < 1.29 is 0 Å². The zero-order valence-corrected chi connectivity index (χ0v) is 19.2. The standard InChI is InChI=1S/C31H32/c1-21(20-31(2,3)4)9-10-22-11-12-25-16-29-18-27-14-23-7-5-6-8-24(23)15-28(27)19-30(29)17-26(25)13-22/h5-8,11-19,21H,9-10,20H2,1-4H3. The fourth-order valence-corrected chi connectivity index (χ4v) is 5.21. The largest absolute Gasteiger partial charge is 0.0625 e. The highest BCUT2D eigenvalue weighted by molar-refractivity contribution is 6.08. The van der Waals surface area contributed by atoms with Crippen LogP contribution in [0.5, 0.6) is 0 Å². The van der Waals surface area contributed by atoms with E-state index in [1.165, 1.54) is 61.5 Å². The molecule has 0 aromatic heterocycles. The van der Waals surface area contributed by atoms with Gasteiger partial charge in [0.25, 0.3) is 0 Å². The van der Waals surface area contributed by atoms with Crippen LogP contribution in [0.25, 0.3) is 43.1 Å². The van der Waals surface area contributed by atoms with Gasteiger partial charge in [0, 0.05) is 0 Å². The summed E-state index contributed by atoms with van der Waals surface area (Å²) in [6, 6.07) is 29.7. The first kappa shape index (κ1) is 20.1. The Morgan fingerprint density at radius 2 is 1.03 bits per heavy atom. The van der Waals surface area contributed by atoms with Crippen molar-refractivity contribution >= 4 is 43.1 Å². The second-order valence-electron chi connectivity index (χ2n) is 10.7. The summed E-state index contributed by atoms with van der Waals surface area (Å²) in [5, 5.41) is 10.6. The lowest BCUT2D eigenvalue weighted by atomic mass is 9.83. The Kier molecular flexibility index (Phi) is 4.97. The third-order valence-corrected chi connectivity index (χ3v) is 6.57. The molecule has 0 spiro atoms. The van der Waals surface area contributed by atoms with Crippen molar-refractivity contribution in [3.63, 3.8) is 0 Å². The maximum Gasteiger partial charge on any atom is -0.0171 e. The second kappa shape index (κ2) is 7.68. The van der Waals surface area contributed by atoms with E-state index in [-0.39, 0.29) is 0 Å². The Morgan fingerprint density at radius 3 is 1.55 bits per heavy atom. The summed E-state index contributed by atoms with van der Waals surface area (Å²) in [5.74, 6) is 0.758. The van der Waals surface area contributed by atoms with Gasteiger partial charge in [0.2, 0.25) is 0 Å². The van der Waals surface area contributed by atoms with Crippen molar-refractivity contribution in [1.29, 1.82) is 0 Å². The van der Waals surface area contributed by atoms with E-state index < -0.39 is 0 Å². The first-order valence-electron chi connectivity index (χ1n) is 11.6. The van der Waals surface area contributed by atoms with Crippen molar-refractivity contribution in [3.05, 3.63) is 84.4 Å². The highest BCUT2D eigenvalue weighted by Gasteiger charge is 2.15. The summed E-state index contributed by atoms with van der Waals surface area (Å²) in [6.07, 6.45) is 3.70. The van der Waals surface area contributed by atoms with Crippen LogP contribution >= 0.6 is 0 Å². The minimum Gasteiger partial charge on any atom is -0.0625 e. The SMILES string of the molecule is CC(CCc1ccc2cc3cc4cc5ccccc5cc4cc3cc2c1)CC(C)(C)C. The molecule has 31 heavy (non-hydrogen) atoms. The first-order valence-corrected chi connectivity index (χ1v) is 11.6. The summed E-state index contributed by atoms with van der Waals surface area (Å²) in [5.41, 5.74) is 1.87. The van der Waals surface area contributed by atoms with Crippen molar-refractivity contribution in [2.24, 2.45) is 11.3 Å². The van der Waals surface area contributed by atoms with Crippen molar-refractivity contribution in [2.45, 2.75) is 47.0 Å². The molecule has 0 bridgehead atoms. The molecule has 0 saturated carbocycles. The molecule has 0 nitrogen and oxygen atoms in total. The molecule has 0 aliphatic carbocycles. The molecular weight excluding hydrogens is 372 g/mol. The fourth-order valence-electron chi connectivity index (χ4n) is 5.21. The summed E-state index contributed by atoms with van der Waals surface area (Å²) >= 11 is 0. The van der Waals surface area contributed by atoms with Crippen LogP contribution < -0.4 is 0 Å². The van der Waals surface area contributed by atoms with Gasteiger partial charge in [0.05, 0.1) is 0 Å². The van der Waals surface area contributed by atoms with Gasteiger partial charge >= 0.3 is 0 Å². The van der Waals surface area contributed by atoms with E-state index in [0.29, 0.717) is 5.41 Å². The number of aryl methyl sites for hydroxylation is 1. The number of hydrogen-bond acceptors (Lipinski definition) is 0. The van der Waals surface area contributed by atoms with Crippen molar-refractivity contribution in [2.75, 3.05) is 0 Å². The molecule has 5 aromatic carbocycles. The molecule has 0 heteroatoms. The molecule has 0 aliphatic rings. The lowest BCUT2D eigenvalue weighted by Crippen LogP contribution is -2.11. The van der Waals surface area contributed by atoms with Crippen LogP contribution in [-0.4, -0.2) is 0 Å². The fraction of sp³-hybridized carbons (Fsp3) is 0.290. The van der Waals surface area contributed by atoms with Crippen LogP contribution in [0.2, 0.25) is 0 Å². The van der Waals surface area contributed by atoms with Crippen LogP contribution in [0.3, 0.4) is 0 Å². The molecule has 0 radical (unpaired) electrons. The number of rotatable bonds is 4. The third-order valence-electron chi connectivity index (χ3n) is 6.57. The maximum atomic E-state index is 2.41. The van der Waals surface area contributed by atoms with Gasteiger partial charge < -0.3 is 0 Å². The highest BCUT2D eigenvalue weighted by atomic mass is 14.2. The molecule has 1 atom stereocenters. The van der Waals surface area contributed by atoms with Gasteiger partial charge in [-0.3, -0.25) is 0 Å². The maximum absolute atomic E-state index is 2.41. The van der Waals surface area contributed by atoms with Gasteiger partial charge in [-0.15, -0.1) is 0 Å². The van der Waals surface area contributed by atoms with Crippen LogP contribution in [0.4, 0.5) is 0 Å². The summed E-state index contributed by atoms with van der Waals surface area (Å²) in [4.78, 5) is 0. The van der Waals surface area contributed by atoms with Gasteiger partial charge in [-0.25, -0.2) is 0 Å².